The number of rotatable bonds is 6. The van der Waals surface area contributed by atoms with Gasteiger partial charge < -0.3 is 0 Å². The molecule has 0 radical (unpaired) electrons. The Hall–Kier alpha value is -1.78. The van der Waals surface area contributed by atoms with Crippen molar-refractivity contribution in [1.82, 2.24) is 9.97 Å². The van der Waals surface area contributed by atoms with Crippen molar-refractivity contribution in [2.24, 2.45) is 0 Å². The van der Waals surface area contributed by atoms with Crippen LogP contribution in [0.5, 0.6) is 0 Å². The van der Waals surface area contributed by atoms with Gasteiger partial charge in [0.05, 0.1) is 29.0 Å². The van der Waals surface area contributed by atoms with Crippen LogP contribution in [0.15, 0.2) is 29.8 Å². The molecule has 0 aromatic carbocycles. The fourth-order valence-electron chi connectivity index (χ4n) is 1.65. The molecule has 0 spiro atoms. The highest BCUT2D eigenvalue weighted by Gasteiger charge is 2.15. The average Bonchev–Trinajstić information content (AvgIpc) is 2.87. The minimum absolute atomic E-state index is 0.0248. The lowest BCUT2D eigenvalue weighted by atomic mass is 10.4. The first kappa shape index (κ1) is 14.6. The Morgan fingerprint density at radius 1 is 1.35 bits per heavy atom. The third kappa shape index (κ3) is 4.11. The summed E-state index contributed by atoms with van der Waals surface area (Å²) < 4.78 is 23.7. The summed E-state index contributed by atoms with van der Waals surface area (Å²) in [5.74, 6) is -0.0568. The standard InChI is InChI=1S/C13H13N3O2S2/c14-6-2-4-8-20(17,18)10-11-9-19-13(16-11)12-5-1-3-7-15-12/h1,3,5,7,9H,2,4,8,10H2. The molecule has 0 amide bonds. The van der Waals surface area contributed by atoms with Crippen molar-refractivity contribution < 1.29 is 8.42 Å². The summed E-state index contributed by atoms with van der Waals surface area (Å²) in [7, 11) is -3.20. The first-order valence-corrected chi connectivity index (χ1v) is 8.74. The van der Waals surface area contributed by atoms with E-state index in [0.717, 1.165) is 5.69 Å². The van der Waals surface area contributed by atoms with Crippen LogP contribution >= 0.6 is 11.3 Å². The molecule has 0 N–H and O–H groups in total. The maximum absolute atomic E-state index is 11.9. The van der Waals surface area contributed by atoms with Crippen molar-refractivity contribution in [2.45, 2.75) is 18.6 Å². The van der Waals surface area contributed by atoms with Crippen molar-refractivity contribution in [3.05, 3.63) is 35.5 Å². The van der Waals surface area contributed by atoms with Crippen LogP contribution in [0.1, 0.15) is 18.5 Å². The number of aromatic nitrogens is 2. The molecule has 7 heteroatoms. The van der Waals surface area contributed by atoms with Crippen LogP contribution in [-0.4, -0.2) is 24.1 Å². The van der Waals surface area contributed by atoms with Gasteiger partial charge in [0.1, 0.15) is 5.01 Å². The lowest BCUT2D eigenvalue weighted by Gasteiger charge is -1.99. The molecule has 104 valence electrons. The van der Waals surface area contributed by atoms with E-state index in [2.05, 4.69) is 9.97 Å². The van der Waals surface area contributed by atoms with Crippen molar-refractivity contribution in [2.75, 3.05) is 5.75 Å². The predicted molar refractivity (Wildman–Crippen MR) is 77.7 cm³/mol. The van der Waals surface area contributed by atoms with E-state index in [-0.39, 0.29) is 17.9 Å². The number of thiazole rings is 1. The van der Waals surface area contributed by atoms with Crippen LogP contribution in [-0.2, 0) is 15.6 Å². The molecule has 2 rings (SSSR count). The number of pyridine rings is 1. The molecule has 0 saturated heterocycles. The molecular weight excluding hydrogens is 294 g/mol. The Bertz CT molecular complexity index is 703. The van der Waals surface area contributed by atoms with Gasteiger partial charge in [-0.15, -0.1) is 11.3 Å². The zero-order valence-corrected chi connectivity index (χ0v) is 12.3. The van der Waals surface area contributed by atoms with Gasteiger partial charge in [-0.05, 0) is 18.6 Å². The number of nitriles is 1. The maximum Gasteiger partial charge on any atom is 0.156 e. The van der Waals surface area contributed by atoms with Gasteiger partial charge in [0, 0.05) is 18.0 Å². The molecule has 0 aliphatic heterocycles. The molecule has 5 nitrogen and oxygen atoms in total. The molecular formula is C13H13N3O2S2. The minimum Gasteiger partial charge on any atom is -0.254 e. The van der Waals surface area contributed by atoms with E-state index in [9.17, 15) is 8.42 Å². The van der Waals surface area contributed by atoms with Crippen molar-refractivity contribution in [3.63, 3.8) is 0 Å². The summed E-state index contributed by atoms with van der Waals surface area (Å²) in [5, 5.41) is 10.9. The molecule has 0 saturated carbocycles. The fraction of sp³-hybridized carbons (Fsp3) is 0.308. The van der Waals surface area contributed by atoms with Crippen molar-refractivity contribution in [1.29, 1.82) is 5.26 Å². The van der Waals surface area contributed by atoms with Crippen LogP contribution < -0.4 is 0 Å². The topological polar surface area (TPSA) is 83.7 Å². The van der Waals surface area contributed by atoms with Gasteiger partial charge in [-0.2, -0.15) is 5.26 Å². The van der Waals surface area contributed by atoms with E-state index in [1.807, 2.05) is 24.3 Å². The third-order valence-corrected chi connectivity index (χ3v) is 5.11. The monoisotopic (exact) mass is 307 g/mol. The average molecular weight is 307 g/mol. The SMILES string of the molecule is N#CCCCS(=O)(=O)Cc1csc(-c2ccccn2)n1. The van der Waals surface area contributed by atoms with Gasteiger partial charge >= 0.3 is 0 Å². The fourth-order valence-corrected chi connectivity index (χ4v) is 3.88. The minimum atomic E-state index is -3.20. The zero-order valence-electron chi connectivity index (χ0n) is 10.7. The normalized spacial score (nSPS) is 11.2. The van der Waals surface area contributed by atoms with Crippen LogP contribution in [0.4, 0.5) is 0 Å². The highest BCUT2D eigenvalue weighted by Crippen LogP contribution is 2.22. The van der Waals surface area contributed by atoms with E-state index in [4.69, 9.17) is 5.26 Å². The summed E-state index contributed by atoms with van der Waals surface area (Å²) >= 11 is 1.38. The van der Waals surface area contributed by atoms with Gasteiger partial charge in [-0.1, -0.05) is 6.07 Å². The summed E-state index contributed by atoms with van der Waals surface area (Å²) in [5.41, 5.74) is 1.28. The van der Waals surface area contributed by atoms with Gasteiger partial charge in [0.2, 0.25) is 0 Å². The molecule has 2 aromatic heterocycles. The second-order valence-corrected chi connectivity index (χ2v) is 7.25. The predicted octanol–water partition coefficient (Wildman–Crippen LogP) is 2.42. The number of hydrogen-bond donors (Lipinski definition) is 0. The van der Waals surface area contributed by atoms with E-state index >= 15 is 0 Å². The summed E-state index contributed by atoms with van der Waals surface area (Å²) in [6.07, 6.45) is 2.31. The smallest absolute Gasteiger partial charge is 0.156 e. The molecule has 0 unspecified atom stereocenters. The van der Waals surface area contributed by atoms with Crippen molar-refractivity contribution in [3.8, 4) is 16.8 Å². The first-order chi connectivity index (χ1) is 9.61. The van der Waals surface area contributed by atoms with Crippen molar-refractivity contribution >= 4 is 21.2 Å². The van der Waals surface area contributed by atoms with E-state index in [1.165, 1.54) is 11.3 Å². The van der Waals surface area contributed by atoms with Gasteiger partial charge in [0.15, 0.2) is 9.84 Å². The van der Waals surface area contributed by atoms with Crippen LogP contribution in [0.25, 0.3) is 10.7 Å². The Morgan fingerprint density at radius 3 is 2.90 bits per heavy atom. The molecule has 2 aromatic rings. The number of hydrogen-bond acceptors (Lipinski definition) is 6. The van der Waals surface area contributed by atoms with E-state index < -0.39 is 9.84 Å². The molecule has 0 aliphatic carbocycles. The molecule has 2 heterocycles. The van der Waals surface area contributed by atoms with Gasteiger partial charge in [0.25, 0.3) is 0 Å². The zero-order chi connectivity index (χ0) is 14.4. The number of unbranched alkanes of at least 4 members (excludes halogenated alkanes) is 1. The Balaban J connectivity index is 2.05. The second kappa shape index (κ2) is 6.59. The molecule has 0 fully saturated rings. The van der Waals surface area contributed by atoms with E-state index in [1.54, 1.807) is 11.6 Å². The largest absolute Gasteiger partial charge is 0.254 e. The summed E-state index contributed by atoms with van der Waals surface area (Å²) in [6, 6.07) is 7.46. The van der Waals surface area contributed by atoms with E-state index in [0.29, 0.717) is 17.1 Å². The second-order valence-electron chi connectivity index (χ2n) is 4.21. The summed E-state index contributed by atoms with van der Waals surface area (Å²) in [6.45, 7) is 0. The van der Waals surface area contributed by atoms with Gasteiger partial charge in [-0.3, -0.25) is 4.98 Å². The lowest BCUT2D eigenvalue weighted by Crippen LogP contribution is -2.09. The Labute approximate surface area is 121 Å². The third-order valence-electron chi connectivity index (χ3n) is 2.55. The highest BCUT2D eigenvalue weighted by molar-refractivity contribution is 7.90. The van der Waals surface area contributed by atoms with Crippen LogP contribution in [0.3, 0.4) is 0 Å². The Morgan fingerprint density at radius 2 is 2.20 bits per heavy atom. The summed E-state index contributed by atoms with van der Waals surface area (Å²) in [4.78, 5) is 8.49. The highest BCUT2D eigenvalue weighted by atomic mass is 32.2. The molecule has 0 atom stereocenters. The Kier molecular flexibility index (Phi) is 4.82. The van der Waals surface area contributed by atoms with Crippen LogP contribution in [0.2, 0.25) is 0 Å². The number of sulfone groups is 1. The number of nitrogens with zero attached hydrogens (tertiary/aromatic N) is 3. The maximum atomic E-state index is 11.9. The molecule has 0 aliphatic rings. The molecule has 20 heavy (non-hydrogen) atoms. The lowest BCUT2D eigenvalue weighted by molar-refractivity contribution is 0.592. The molecule has 0 bridgehead atoms. The van der Waals surface area contributed by atoms with Gasteiger partial charge in [-0.25, -0.2) is 13.4 Å². The van der Waals surface area contributed by atoms with Crippen LogP contribution in [0, 0.1) is 11.3 Å². The quantitative estimate of drug-likeness (QED) is 0.765. The first-order valence-electron chi connectivity index (χ1n) is 6.04.